The molecule has 4 heteroatoms. The molecule has 0 saturated carbocycles. The molecule has 0 heterocycles. The second-order valence-electron chi connectivity index (χ2n) is 7.33. The Morgan fingerprint density at radius 3 is 1.82 bits per heavy atom. The van der Waals surface area contributed by atoms with E-state index in [1.54, 1.807) is 32.9 Å². The van der Waals surface area contributed by atoms with Crippen molar-refractivity contribution in [1.29, 1.82) is 0 Å². The molecule has 22 heavy (non-hydrogen) atoms. The summed E-state index contributed by atoms with van der Waals surface area (Å²) in [6, 6.07) is 7.42. The van der Waals surface area contributed by atoms with E-state index in [1.165, 1.54) is 5.56 Å². The third-order valence-electron chi connectivity index (χ3n) is 2.91. The summed E-state index contributed by atoms with van der Waals surface area (Å²) in [5, 5.41) is 0. The van der Waals surface area contributed by atoms with Gasteiger partial charge in [0.2, 0.25) is 0 Å². The SMILES string of the molecule is CC(C)(C)OC(=O)CCC(=O)Oc1ccc(C(C)(C)C)cc1. The molecule has 1 rings (SSSR count). The van der Waals surface area contributed by atoms with Gasteiger partial charge in [-0.1, -0.05) is 32.9 Å². The first-order valence-electron chi connectivity index (χ1n) is 7.50. The smallest absolute Gasteiger partial charge is 0.311 e. The molecule has 0 fully saturated rings. The minimum Gasteiger partial charge on any atom is -0.460 e. The number of ether oxygens (including phenoxy) is 2. The number of esters is 2. The van der Waals surface area contributed by atoms with Gasteiger partial charge in [-0.05, 0) is 43.9 Å². The quantitative estimate of drug-likeness (QED) is 0.623. The van der Waals surface area contributed by atoms with Crippen LogP contribution in [0.4, 0.5) is 0 Å². The van der Waals surface area contributed by atoms with Crippen molar-refractivity contribution in [3.05, 3.63) is 29.8 Å². The van der Waals surface area contributed by atoms with E-state index in [0.717, 1.165) is 0 Å². The average Bonchev–Trinajstić information content (AvgIpc) is 2.34. The lowest BCUT2D eigenvalue weighted by Crippen LogP contribution is -2.24. The molecule has 0 aliphatic carbocycles. The number of rotatable bonds is 4. The van der Waals surface area contributed by atoms with Crippen molar-refractivity contribution in [2.45, 2.75) is 65.4 Å². The molecule has 122 valence electrons. The van der Waals surface area contributed by atoms with Crippen LogP contribution in [0.5, 0.6) is 5.75 Å². The van der Waals surface area contributed by atoms with Crippen molar-refractivity contribution in [2.75, 3.05) is 0 Å². The molecule has 0 aliphatic heterocycles. The van der Waals surface area contributed by atoms with Crippen LogP contribution >= 0.6 is 0 Å². The molecule has 0 aliphatic rings. The maximum absolute atomic E-state index is 11.7. The van der Waals surface area contributed by atoms with Crippen molar-refractivity contribution in [2.24, 2.45) is 0 Å². The molecule has 1 aromatic rings. The lowest BCUT2D eigenvalue weighted by molar-refractivity contribution is -0.156. The van der Waals surface area contributed by atoms with E-state index in [0.29, 0.717) is 5.75 Å². The molecule has 1 aromatic carbocycles. The van der Waals surface area contributed by atoms with E-state index in [-0.39, 0.29) is 18.3 Å². The van der Waals surface area contributed by atoms with Crippen LogP contribution in [0.1, 0.15) is 59.9 Å². The Balaban J connectivity index is 2.47. The standard InChI is InChI=1S/C18H26O4/c1-17(2,3)13-7-9-14(10-8-13)21-15(19)11-12-16(20)22-18(4,5)6/h7-10H,11-12H2,1-6H3. The first kappa shape index (κ1) is 18.2. The number of hydrogen-bond donors (Lipinski definition) is 0. The van der Waals surface area contributed by atoms with Crippen molar-refractivity contribution >= 4 is 11.9 Å². The maximum Gasteiger partial charge on any atom is 0.311 e. The first-order valence-corrected chi connectivity index (χ1v) is 7.50. The molecule has 0 radical (unpaired) electrons. The fourth-order valence-corrected chi connectivity index (χ4v) is 1.80. The highest BCUT2D eigenvalue weighted by atomic mass is 16.6. The second kappa shape index (κ2) is 6.95. The van der Waals surface area contributed by atoms with Crippen molar-refractivity contribution in [3.8, 4) is 5.75 Å². The van der Waals surface area contributed by atoms with Crippen molar-refractivity contribution in [1.82, 2.24) is 0 Å². The molecule has 0 atom stereocenters. The lowest BCUT2D eigenvalue weighted by atomic mass is 9.87. The van der Waals surface area contributed by atoms with Crippen LogP contribution in [0.2, 0.25) is 0 Å². The fraction of sp³-hybridized carbons (Fsp3) is 0.556. The summed E-state index contributed by atoms with van der Waals surface area (Å²) < 4.78 is 10.4. The average molecular weight is 306 g/mol. The summed E-state index contributed by atoms with van der Waals surface area (Å²) in [5.41, 5.74) is 0.685. The Kier molecular flexibility index (Phi) is 5.75. The number of benzene rings is 1. The largest absolute Gasteiger partial charge is 0.460 e. The molecule has 0 unspecified atom stereocenters. The maximum atomic E-state index is 11.7. The molecule has 0 aromatic heterocycles. The Morgan fingerprint density at radius 2 is 1.36 bits per heavy atom. The number of hydrogen-bond acceptors (Lipinski definition) is 4. The van der Waals surface area contributed by atoms with Crippen LogP contribution in [0.15, 0.2) is 24.3 Å². The van der Waals surface area contributed by atoms with Gasteiger partial charge in [-0.15, -0.1) is 0 Å². The predicted octanol–water partition coefficient (Wildman–Crippen LogP) is 4.01. The van der Waals surface area contributed by atoms with E-state index in [9.17, 15) is 9.59 Å². The monoisotopic (exact) mass is 306 g/mol. The highest BCUT2D eigenvalue weighted by Gasteiger charge is 2.18. The second-order valence-corrected chi connectivity index (χ2v) is 7.33. The van der Waals surface area contributed by atoms with E-state index < -0.39 is 17.5 Å². The first-order chi connectivity index (χ1) is 9.97. The zero-order valence-electron chi connectivity index (χ0n) is 14.4. The van der Waals surface area contributed by atoms with Crippen LogP contribution in [0, 0.1) is 0 Å². The van der Waals surface area contributed by atoms with Gasteiger partial charge >= 0.3 is 11.9 Å². The molecule has 4 nitrogen and oxygen atoms in total. The summed E-state index contributed by atoms with van der Waals surface area (Å²) in [5.74, 6) is -0.343. The summed E-state index contributed by atoms with van der Waals surface area (Å²) >= 11 is 0. The van der Waals surface area contributed by atoms with Gasteiger partial charge in [0.05, 0.1) is 12.8 Å². The zero-order valence-corrected chi connectivity index (χ0v) is 14.4. The van der Waals surface area contributed by atoms with Crippen LogP contribution < -0.4 is 4.74 Å². The van der Waals surface area contributed by atoms with E-state index in [4.69, 9.17) is 9.47 Å². The fourth-order valence-electron chi connectivity index (χ4n) is 1.80. The summed E-state index contributed by atoms with van der Waals surface area (Å²) in [4.78, 5) is 23.3. The van der Waals surface area contributed by atoms with Gasteiger partial charge in [0.25, 0.3) is 0 Å². The van der Waals surface area contributed by atoms with Gasteiger partial charge < -0.3 is 9.47 Å². The topological polar surface area (TPSA) is 52.6 Å². The van der Waals surface area contributed by atoms with Gasteiger partial charge in [-0.3, -0.25) is 9.59 Å². The Morgan fingerprint density at radius 1 is 0.864 bits per heavy atom. The van der Waals surface area contributed by atoms with E-state index in [2.05, 4.69) is 20.8 Å². The van der Waals surface area contributed by atoms with Crippen molar-refractivity contribution in [3.63, 3.8) is 0 Å². The van der Waals surface area contributed by atoms with Crippen molar-refractivity contribution < 1.29 is 19.1 Å². The minimum absolute atomic E-state index is 0.00986. The van der Waals surface area contributed by atoms with Crippen LogP contribution in [-0.2, 0) is 19.7 Å². The number of carbonyl (C=O) groups is 2. The third-order valence-corrected chi connectivity index (χ3v) is 2.91. The lowest BCUT2D eigenvalue weighted by Gasteiger charge is -2.19. The van der Waals surface area contributed by atoms with Crippen LogP contribution in [-0.4, -0.2) is 17.5 Å². The Hall–Kier alpha value is -1.84. The molecular weight excluding hydrogens is 280 g/mol. The summed E-state index contributed by atoms with van der Waals surface area (Å²) in [6.07, 6.45) is 0.0338. The molecule has 0 bridgehead atoms. The third kappa shape index (κ3) is 6.74. The van der Waals surface area contributed by atoms with Gasteiger partial charge in [0.15, 0.2) is 0 Å². The van der Waals surface area contributed by atoms with Crippen LogP contribution in [0.25, 0.3) is 0 Å². The summed E-state index contributed by atoms with van der Waals surface area (Å²) in [6.45, 7) is 11.7. The highest BCUT2D eigenvalue weighted by molar-refractivity contribution is 5.79. The number of carbonyl (C=O) groups excluding carboxylic acids is 2. The van der Waals surface area contributed by atoms with E-state index >= 15 is 0 Å². The molecule has 0 saturated heterocycles. The van der Waals surface area contributed by atoms with Crippen LogP contribution in [0.3, 0.4) is 0 Å². The van der Waals surface area contributed by atoms with Gasteiger partial charge in [0, 0.05) is 0 Å². The van der Waals surface area contributed by atoms with Gasteiger partial charge in [0.1, 0.15) is 11.4 Å². The Labute approximate surface area is 132 Å². The van der Waals surface area contributed by atoms with Gasteiger partial charge in [-0.2, -0.15) is 0 Å². The molecular formula is C18H26O4. The Bertz CT molecular complexity index is 516. The minimum atomic E-state index is -0.538. The summed E-state index contributed by atoms with van der Waals surface area (Å²) in [7, 11) is 0. The zero-order chi connectivity index (χ0) is 17.0. The molecule has 0 amide bonds. The molecule has 0 spiro atoms. The van der Waals surface area contributed by atoms with Gasteiger partial charge in [-0.25, -0.2) is 0 Å². The normalized spacial score (nSPS) is 11.9. The highest BCUT2D eigenvalue weighted by Crippen LogP contribution is 2.24. The predicted molar refractivity (Wildman–Crippen MR) is 85.9 cm³/mol. The van der Waals surface area contributed by atoms with E-state index in [1.807, 2.05) is 12.1 Å². The molecule has 0 N–H and O–H groups in total.